The summed E-state index contributed by atoms with van der Waals surface area (Å²) >= 11 is 0. The predicted octanol–water partition coefficient (Wildman–Crippen LogP) is 3.30. The van der Waals surface area contributed by atoms with Gasteiger partial charge in [0.2, 0.25) is 11.8 Å². The Bertz CT molecular complexity index is 1660. The number of hydrogen-bond acceptors (Lipinski definition) is 10. The highest BCUT2D eigenvalue weighted by molar-refractivity contribution is 5.93. The number of carbonyl (C=O) groups excluding carboxylic acids is 4. The molecule has 4 N–H and O–H groups in total. The summed E-state index contributed by atoms with van der Waals surface area (Å²) in [6.07, 6.45) is -0.0652. The van der Waals surface area contributed by atoms with Crippen LogP contribution in [-0.2, 0) is 40.6 Å². The highest BCUT2D eigenvalue weighted by Gasteiger charge is 2.41. The van der Waals surface area contributed by atoms with E-state index in [1.165, 1.54) is 0 Å². The number of nitrogens with one attached hydrogen (secondary N) is 2. The van der Waals surface area contributed by atoms with Gasteiger partial charge in [0.15, 0.2) is 5.82 Å². The molecule has 2 amide bonds. The summed E-state index contributed by atoms with van der Waals surface area (Å²) in [6.45, 7) is 8.55. The number of aryl methyl sites for hydroxylation is 1. The third-order valence-electron chi connectivity index (χ3n) is 8.28. The Morgan fingerprint density at radius 3 is 1.76 bits per heavy atom. The number of benzene rings is 3. The maximum atomic E-state index is 13.4. The molecule has 270 valence electrons. The van der Waals surface area contributed by atoms with Gasteiger partial charge in [-0.2, -0.15) is 0 Å². The lowest BCUT2D eigenvalue weighted by atomic mass is 9.77. The summed E-state index contributed by atoms with van der Waals surface area (Å²) in [7, 11) is 1.15. The molecule has 0 aliphatic heterocycles. The largest absolute Gasteiger partial charge is 0.467 e. The average Bonchev–Trinajstić information content (AvgIpc) is 3.58. The van der Waals surface area contributed by atoms with Crippen LogP contribution < -0.4 is 16.4 Å². The Morgan fingerprint density at radius 1 is 0.804 bits per heavy atom. The van der Waals surface area contributed by atoms with Gasteiger partial charge in [-0.1, -0.05) is 105 Å². The number of hydrogen-bond donors (Lipinski definition) is 3. The molecule has 0 unspecified atom stereocenters. The molecular weight excluding hydrogens is 650 g/mol. The van der Waals surface area contributed by atoms with E-state index in [2.05, 4.69) is 26.2 Å². The third-order valence-corrected chi connectivity index (χ3v) is 8.28. The van der Waals surface area contributed by atoms with Crippen molar-refractivity contribution in [3.05, 3.63) is 114 Å². The fourth-order valence-corrected chi connectivity index (χ4v) is 5.88. The van der Waals surface area contributed by atoms with Crippen LogP contribution in [-0.4, -0.2) is 74.8 Å². The second-order valence-electron chi connectivity index (χ2n) is 13.6. The first kappa shape index (κ1) is 38.4. The molecule has 3 aromatic carbocycles. The van der Waals surface area contributed by atoms with E-state index in [0.717, 1.165) is 23.8 Å². The van der Waals surface area contributed by atoms with Crippen LogP contribution in [0.4, 0.5) is 0 Å². The summed E-state index contributed by atoms with van der Waals surface area (Å²) in [5.74, 6) is -2.66. The lowest BCUT2D eigenvalue weighted by molar-refractivity contribution is -0.159. The second-order valence-corrected chi connectivity index (χ2v) is 13.6. The number of ether oxygens (including phenoxy) is 2. The Morgan fingerprint density at radius 2 is 1.31 bits per heavy atom. The van der Waals surface area contributed by atoms with Gasteiger partial charge >= 0.3 is 11.9 Å². The van der Waals surface area contributed by atoms with E-state index in [1.54, 1.807) is 39.3 Å². The Hall–Kier alpha value is -5.43. The van der Waals surface area contributed by atoms with Gasteiger partial charge in [-0.25, -0.2) is 9.48 Å². The Kier molecular flexibility index (Phi) is 12.8. The first-order chi connectivity index (χ1) is 24.3. The molecule has 13 heteroatoms. The molecule has 51 heavy (non-hydrogen) atoms. The number of nitrogens with zero attached hydrogens (tertiary/aromatic N) is 4. The summed E-state index contributed by atoms with van der Waals surface area (Å²) in [5.41, 5.74) is 7.46. The number of aromatic nitrogens is 4. The van der Waals surface area contributed by atoms with Crippen LogP contribution in [0, 0.1) is 5.92 Å². The first-order valence-electron chi connectivity index (χ1n) is 16.9. The minimum Gasteiger partial charge on any atom is -0.467 e. The van der Waals surface area contributed by atoms with E-state index in [4.69, 9.17) is 15.2 Å². The van der Waals surface area contributed by atoms with E-state index in [9.17, 15) is 19.2 Å². The van der Waals surface area contributed by atoms with Crippen LogP contribution in [0.2, 0.25) is 0 Å². The monoisotopic (exact) mass is 697 g/mol. The topological polar surface area (TPSA) is 180 Å². The van der Waals surface area contributed by atoms with Gasteiger partial charge in [0.1, 0.15) is 23.2 Å². The molecule has 0 radical (unpaired) electrons. The van der Waals surface area contributed by atoms with Crippen molar-refractivity contribution in [1.29, 1.82) is 0 Å². The summed E-state index contributed by atoms with van der Waals surface area (Å²) in [6, 6.07) is 26.4. The van der Waals surface area contributed by atoms with Gasteiger partial charge in [-0.15, -0.1) is 5.10 Å². The predicted molar refractivity (Wildman–Crippen MR) is 190 cm³/mol. The zero-order valence-electron chi connectivity index (χ0n) is 29.9. The second kappa shape index (κ2) is 17.0. The zero-order valence-corrected chi connectivity index (χ0v) is 29.9. The number of amides is 2. The molecule has 4 rings (SSSR count). The molecule has 3 atom stereocenters. The number of esters is 2. The molecule has 0 spiro atoms. The quantitative estimate of drug-likeness (QED) is 0.123. The minimum atomic E-state index is -1.32. The van der Waals surface area contributed by atoms with Crippen molar-refractivity contribution in [3.63, 3.8) is 0 Å². The van der Waals surface area contributed by atoms with Crippen LogP contribution in [0.15, 0.2) is 91.0 Å². The minimum absolute atomic E-state index is 0.149. The molecule has 0 saturated carbocycles. The third kappa shape index (κ3) is 9.43. The molecular formula is C38H47N7O6. The number of nitrogens with two attached hydrogens (primary N) is 1. The molecule has 1 heterocycles. The zero-order chi connectivity index (χ0) is 37.2. The number of rotatable bonds is 15. The number of methoxy groups -OCH3 is 1. The molecule has 0 aliphatic carbocycles. The van der Waals surface area contributed by atoms with Gasteiger partial charge in [0, 0.05) is 6.42 Å². The number of tetrazole rings is 1. The van der Waals surface area contributed by atoms with Crippen LogP contribution in [0.25, 0.3) is 0 Å². The molecule has 0 fully saturated rings. The molecule has 0 bridgehead atoms. The van der Waals surface area contributed by atoms with Crippen molar-refractivity contribution < 1.29 is 28.7 Å². The van der Waals surface area contributed by atoms with Gasteiger partial charge in [-0.05, 0) is 60.2 Å². The lowest BCUT2D eigenvalue weighted by Gasteiger charge is -2.36. The van der Waals surface area contributed by atoms with Crippen LogP contribution in [0.1, 0.15) is 70.0 Å². The highest BCUT2D eigenvalue weighted by atomic mass is 16.6. The van der Waals surface area contributed by atoms with Crippen molar-refractivity contribution in [2.45, 2.75) is 83.1 Å². The van der Waals surface area contributed by atoms with E-state index >= 15 is 0 Å². The van der Waals surface area contributed by atoms with Crippen LogP contribution >= 0.6 is 0 Å². The van der Waals surface area contributed by atoms with E-state index < -0.39 is 65.4 Å². The summed E-state index contributed by atoms with van der Waals surface area (Å²) in [5, 5.41) is 18.2. The summed E-state index contributed by atoms with van der Waals surface area (Å²) in [4.78, 5) is 51.8. The SMILES string of the molecule is COC(=O)[C@H](CC(=O)OC(C)(C)C)NC(=O)[C@@H](NC(=O)[C@@H](N)CCc1nnnn1C(c1ccccc1)(c1ccccc1)c1ccccc1)C(C)C. The van der Waals surface area contributed by atoms with E-state index in [-0.39, 0.29) is 12.8 Å². The Labute approximate surface area is 298 Å². The standard InChI is InChI=1S/C38H47N7O6/c1-25(2)33(35(48)40-30(36(49)50-6)24-32(46)51-37(3,4)5)41-34(47)29(39)22-23-31-42-43-44-45(31)38(26-16-10-7-11-17-26,27-18-12-8-13-19-27)28-20-14-9-15-21-28/h7-21,25,29-30,33H,22-24,39H2,1-6H3,(H,40,48)(H,41,47)/t29-,30-,33-/m0/s1. The molecule has 0 aliphatic rings. The van der Waals surface area contributed by atoms with Crippen molar-refractivity contribution in [3.8, 4) is 0 Å². The van der Waals surface area contributed by atoms with Gasteiger partial charge in [0.25, 0.3) is 0 Å². The molecule has 0 saturated heterocycles. The first-order valence-corrected chi connectivity index (χ1v) is 16.9. The molecule has 4 aromatic rings. The smallest absolute Gasteiger partial charge is 0.328 e. The Balaban J connectivity index is 1.55. The van der Waals surface area contributed by atoms with Gasteiger partial charge < -0.3 is 25.8 Å². The fourth-order valence-electron chi connectivity index (χ4n) is 5.88. The van der Waals surface area contributed by atoms with E-state index in [0.29, 0.717) is 5.82 Å². The van der Waals surface area contributed by atoms with Crippen molar-refractivity contribution in [2.75, 3.05) is 7.11 Å². The normalized spacial score (nSPS) is 13.5. The average molecular weight is 698 g/mol. The highest BCUT2D eigenvalue weighted by Crippen LogP contribution is 2.40. The molecule has 1 aromatic heterocycles. The fraction of sp³-hybridized carbons (Fsp3) is 0.395. The lowest BCUT2D eigenvalue weighted by Crippen LogP contribution is -2.56. The van der Waals surface area contributed by atoms with Crippen molar-refractivity contribution >= 4 is 23.8 Å². The van der Waals surface area contributed by atoms with Gasteiger partial charge in [0.05, 0.1) is 19.6 Å². The van der Waals surface area contributed by atoms with Crippen LogP contribution in [0.3, 0.4) is 0 Å². The molecule has 13 nitrogen and oxygen atoms in total. The van der Waals surface area contributed by atoms with Crippen LogP contribution in [0.5, 0.6) is 0 Å². The van der Waals surface area contributed by atoms with E-state index in [1.807, 2.05) is 91.0 Å². The number of carbonyl (C=O) groups is 4. The maximum absolute atomic E-state index is 13.4. The maximum Gasteiger partial charge on any atom is 0.328 e. The van der Waals surface area contributed by atoms with Crippen molar-refractivity contribution in [1.82, 2.24) is 30.8 Å². The van der Waals surface area contributed by atoms with Gasteiger partial charge in [-0.3, -0.25) is 14.4 Å². The van der Waals surface area contributed by atoms with Crippen molar-refractivity contribution in [2.24, 2.45) is 11.7 Å². The summed E-state index contributed by atoms with van der Waals surface area (Å²) < 4.78 is 11.9.